The Morgan fingerprint density at radius 1 is 1.11 bits per heavy atom. The number of amides is 3. The molecule has 2 heterocycles. The predicted molar refractivity (Wildman–Crippen MR) is 102 cm³/mol. The monoisotopic (exact) mass is 384 g/mol. The van der Waals surface area contributed by atoms with Crippen LogP contribution in [0.3, 0.4) is 0 Å². The number of carbonyl (C=O) groups excluding carboxylic acids is 4. The average Bonchev–Trinajstić information content (AvgIpc) is 2.90. The van der Waals surface area contributed by atoms with Gasteiger partial charge in [-0.25, -0.2) is 4.79 Å². The number of esters is 1. The second-order valence-electron chi connectivity index (χ2n) is 7.06. The lowest BCUT2D eigenvalue weighted by Gasteiger charge is -2.24. The fourth-order valence-corrected chi connectivity index (χ4v) is 3.54. The van der Waals surface area contributed by atoms with Gasteiger partial charge in [-0.2, -0.15) is 0 Å². The summed E-state index contributed by atoms with van der Waals surface area (Å²) in [5, 5.41) is 0. The van der Waals surface area contributed by atoms with Gasteiger partial charge in [0.2, 0.25) is 0 Å². The lowest BCUT2D eigenvalue weighted by atomic mass is 10.1. The first-order valence-corrected chi connectivity index (χ1v) is 9.55. The molecule has 0 aliphatic carbocycles. The Hall–Kier alpha value is -2.96. The highest BCUT2D eigenvalue weighted by atomic mass is 16.5. The fraction of sp³-hybridized carbons (Fsp3) is 0.429. The molecule has 2 aliphatic rings. The van der Waals surface area contributed by atoms with E-state index in [-0.39, 0.29) is 29.1 Å². The van der Waals surface area contributed by atoms with Gasteiger partial charge in [0.15, 0.2) is 6.10 Å². The lowest BCUT2D eigenvalue weighted by Crippen LogP contribution is -2.40. The Morgan fingerprint density at radius 3 is 2.39 bits per heavy atom. The zero-order chi connectivity index (χ0) is 20.3. The summed E-state index contributed by atoms with van der Waals surface area (Å²) in [6.07, 6.45) is 4.66. The van der Waals surface area contributed by atoms with Crippen LogP contribution in [0.5, 0.6) is 0 Å². The van der Waals surface area contributed by atoms with E-state index in [1.54, 1.807) is 11.8 Å². The van der Waals surface area contributed by atoms with Crippen molar-refractivity contribution >= 4 is 23.7 Å². The zero-order valence-electron chi connectivity index (χ0n) is 16.0. The molecule has 7 nitrogen and oxygen atoms in total. The summed E-state index contributed by atoms with van der Waals surface area (Å²) in [5.74, 6) is -1.78. The molecule has 3 amide bonds. The first-order valence-electron chi connectivity index (χ1n) is 9.55. The molecule has 2 aliphatic heterocycles. The minimum Gasteiger partial charge on any atom is -0.449 e. The normalized spacial score (nSPS) is 17.8. The molecule has 0 saturated carbocycles. The summed E-state index contributed by atoms with van der Waals surface area (Å²) >= 11 is 0. The van der Waals surface area contributed by atoms with Crippen molar-refractivity contribution in [3.05, 3.63) is 47.5 Å². The average molecular weight is 384 g/mol. The molecule has 0 unspecified atom stereocenters. The van der Waals surface area contributed by atoms with Gasteiger partial charge in [-0.05, 0) is 38.0 Å². The Bertz CT molecular complexity index is 824. The van der Waals surface area contributed by atoms with Gasteiger partial charge in [0.1, 0.15) is 0 Å². The van der Waals surface area contributed by atoms with Crippen molar-refractivity contribution in [3.63, 3.8) is 0 Å². The molecule has 1 saturated heterocycles. The van der Waals surface area contributed by atoms with Crippen LogP contribution in [-0.2, 0) is 9.53 Å². The topological polar surface area (TPSA) is 84.0 Å². The molecule has 0 aromatic heterocycles. The van der Waals surface area contributed by atoms with Crippen LogP contribution >= 0.6 is 0 Å². The number of nitrogens with zero attached hydrogens (tertiary/aromatic N) is 2. The largest absolute Gasteiger partial charge is 0.449 e. The van der Waals surface area contributed by atoms with Gasteiger partial charge in [-0.15, -0.1) is 6.58 Å². The maximum atomic E-state index is 12.5. The third kappa shape index (κ3) is 3.83. The molecule has 1 aromatic carbocycles. The summed E-state index contributed by atoms with van der Waals surface area (Å²) in [7, 11) is 0. The fourth-order valence-electron chi connectivity index (χ4n) is 3.54. The van der Waals surface area contributed by atoms with Gasteiger partial charge >= 0.3 is 5.97 Å². The van der Waals surface area contributed by atoms with E-state index in [2.05, 4.69) is 6.58 Å². The summed E-state index contributed by atoms with van der Waals surface area (Å²) in [5.41, 5.74) is 0.542. The van der Waals surface area contributed by atoms with Crippen LogP contribution < -0.4 is 0 Å². The SMILES string of the molecule is C=CCN1C(=O)c2ccc(C(=O)O[C@H](C)C(=O)N3CCCCCC3)cc2C1=O. The number of fused-ring (bicyclic) bond motifs is 1. The lowest BCUT2D eigenvalue weighted by molar-refractivity contribution is -0.139. The van der Waals surface area contributed by atoms with Crippen LogP contribution in [0.4, 0.5) is 0 Å². The second-order valence-corrected chi connectivity index (χ2v) is 7.06. The van der Waals surface area contributed by atoms with Crippen molar-refractivity contribution in [2.75, 3.05) is 19.6 Å². The van der Waals surface area contributed by atoms with Gasteiger partial charge in [-0.3, -0.25) is 19.3 Å². The first-order chi connectivity index (χ1) is 13.4. The zero-order valence-corrected chi connectivity index (χ0v) is 16.0. The number of carbonyl (C=O) groups is 4. The Balaban J connectivity index is 1.70. The molecule has 3 rings (SSSR count). The molecule has 7 heteroatoms. The molecule has 1 fully saturated rings. The van der Waals surface area contributed by atoms with Crippen molar-refractivity contribution in [3.8, 4) is 0 Å². The molecular weight excluding hydrogens is 360 g/mol. The molecule has 28 heavy (non-hydrogen) atoms. The number of hydrogen-bond acceptors (Lipinski definition) is 5. The van der Waals surface area contributed by atoms with Crippen molar-refractivity contribution in [1.29, 1.82) is 0 Å². The summed E-state index contributed by atoms with van der Waals surface area (Å²) in [6.45, 7) is 6.55. The van der Waals surface area contributed by atoms with Crippen LogP contribution in [0, 0.1) is 0 Å². The number of hydrogen-bond donors (Lipinski definition) is 0. The van der Waals surface area contributed by atoms with Crippen molar-refractivity contribution < 1.29 is 23.9 Å². The Labute approximate surface area is 163 Å². The highest BCUT2D eigenvalue weighted by Crippen LogP contribution is 2.24. The number of imide groups is 1. The van der Waals surface area contributed by atoms with Crippen LogP contribution in [0.15, 0.2) is 30.9 Å². The number of likely N-dealkylation sites (tertiary alicyclic amines) is 1. The van der Waals surface area contributed by atoms with Crippen molar-refractivity contribution in [2.24, 2.45) is 0 Å². The summed E-state index contributed by atoms with van der Waals surface area (Å²) < 4.78 is 5.33. The quantitative estimate of drug-likeness (QED) is 0.442. The second kappa shape index (κ2) is 8.37. The maximum Gasteiger partial charge on any atom is 0.338 e. The maximum absolute atomic E-state index is 12.5. The van der Waals surface area contributed by atoms with E-state index in [9.17, 15) is 19.2 Å². The molecule has 0 spiro atoms. The van der Waals surface area contributed by atoms with E-state index >= 15 is 0 Å². The molecule has 0 radical (unpaired) electrons. The molecule has 0 bridgehead atoms. The van der Waals surface area contributed by atoms with E-state index in [1.165, 1.54) is 24.3 Å². The summed E-state index contributed by atoms with van der Waals surface area (Å²) in [6, 6.07) is 4.23. The summed E-state index contributed by atoms with van der Waals surface area (Å²) in [4.78, 5) is 52.5. The van der Waals surface area contributed by atoms with E-state index in [4.69, 9.17) is 4.74 Å². The van der Waals surface area contributed by atoms with Gasteiger partial charge in [0, 0.05) is 19.6 Å². The van der Waals surface area contributed by atoms with Crippen molar-refractivity contribution in [1.82, 2.24) is 9.80 Å². The van der Waals surface area contributed by atoms with Crippen LogP contribution in [0.1, 0.15) is 63.7 Å². The molecule has 148 valence electrons. The highest BCUT2D eigenvalue weighted by molar-refractivity contribution is 6.22. The first kappa shape index (κ1) is 19.8. The minimum atomic E-state index is -0.909. The molecule has 1 atom stereocenters. The Morgan fingerprint density at radius 2 is 1.75 bits per heavy atom. The number of rotatable bonds is 5. The standard InChI is InChI=1S/C21H24N2O5/c1-3-10-23-19(25)16-9-8-15(13-17(16)20(23)26)21(27)28-14(2)18(24)22-11-6-4-5-7-12-22/h3,8-9,13-14H,1,4-7,10-12H2,2H3/t14-/m1/s1. The number of benzene rings is 1. The third-order valence-electron chi connectivity index (χ3n) is 5.07. The van der Waals surface area contributed by atoms with Gasteiger partial charge in [0.05, 0.1) is 16.7 Å². The molecule has 0 N–H and O–H groups in total. The van der Waals surface area contributed by atoms with Crippen LogP contribution in [0.25, 0.3) is 0 Å². The van der Waals surface area contributed by atoms with Gasteiger partial charge < -0.3 is 9.64 Å². The van der Waals surface area contributed by atoms with Crippen molar-refractivity contribution in [2.45, 2.75) is 38.7 Å². The minimum absolute atomic E-state index is 0.105. The van der Waals surface area contributed by atoms with E-state index < -0.39 is 23.9 Å². The molecule has 1 aromatic rings. The van der Waals surface area contributed by atoms with Crippen LogP contribution in [-0.4, -0.2) is 59.2 Å². The van der Waals surface area contributed by atoms with E-state index in [1.807, 2.05) is 0 Å². The smallest absolute Gasteiger partial charge is 0.338 e. The van der Waals surface area contributed by atoms with Gasteiger partial charge in [-0.1, -0.05) is 18.9 Å². The van der Waals surface area contributed by atoms with Crippen LogP contribution in [0.2, 0.25) is 0 Å². The number of ether oxygens (including phenoxy) is 1. The van der Waals surface area contributed by atoms with E-state index in [0.29, 0.717) is 13.1 Å². The Kier molecular flexibility index (Phi) is 5.92. The van der Waals surface area contributed by atoms with Gasteiger partial charge in [0.25, 0.3) is 17.7 Å². The molecular formula is C21H24N2O5. The third-order valence-corrected chi connectivity index (χ3v) is 5.07. The van der Waals surface area contributed by atoms with E-state index in [0.717, 1.165) is 30.6 Å². The predicted octanol–water partition coefficient (Wildman–Crippen LogP) is 2.42. The highest BCUT2D eigenvalue weighted by Gasteiger charge is 2.35.